The SMILES string of the molecule is CC(C)(C)C(=O)N1CCn2c(I)ccc2C1. The minimum absolute atomic E-state index is 0.245. The summed E-state index contributed by atoms with van der Waals surface area (Å²) in [6.07, 6.45) is 0. The van der Waals surface area contributed by atoms with Crippen LogP contribution in [-0.4, -0.2) is 21.9 Å². The lowest BCUT2D eigenvalue weighted by Gasteiger charge is -2.33. The van der Waals surface area contributed by atoms with E-state index in [0.717, 1.165) is 19.6 Å². The Bertz CT molecular complexity index is 417. The summed E-state index contributed by atoms with van der Waals surface area (Å²) in [6.45, 7) is 8.43. The van der Waals surface area contributed by atoms with E-state index in [2.05, 4.69) is 39.3 Å². The van der Waals surface area contributed by atoms with Crippen LogP contribution in [0.15, 0.2) is 12.1 Å². The molecule has 4 heteroatoms. The average Bonchev–Trinajstić information content (AvgIpc) is 2.57. The number of fused-ring (bicyclic) bond motifs is 1. The lowest BCUT2D eigenvalue weighted by atomic mass is 9.94. The van der Waals surface area contributed by atoms with Crippen molar-refractivity contribution in [3.8, 4) is 0 Å². The average molecular weight is 332 g/mol. The molecule has 1 aliphatic rings. The number of hydrogen-bond donors (Lipinski definition) is 0. The van der Waals surface area contributed by atoms with Crippen LogP contribution >= 0.6 is 22.6 Å². The van der Waals surface area contributed by atoms with E-state index in [1.165, 1.54) is 9.39 Å². The molecule has 2 rings (SSSR count). The first-order valence-electron chi connectivity index (χ1n) is 5.53. The first-order valence-corrected chi connectivity index (χ1v) is 6.61. The maximum absolute atomic E-state index is 12.2. The Labute approximate surface area is 110 Å². The number of amides is 1. The Balaban J connectivity index is 2.17. The monoisotopic (exact) mass is 332 g/mol. The number of carbonyl (C=O) groups is 1. The fourth-order valence-corrected chi connectivity index (χ4v) is 2.74. The maximum atomic E-state index is 12.2. The van der Waals surface area contributed by atoms with Gasteiger partial charge in [0.2, 0.25) is 5.91 Å². The number of hydrogen-bond acceptors (Lipinski definition) is 1. The second-order valence-electron chi connectivity index (χ2n) is 5.28. The number of nitrogens with zero attached hydrogens (tertiary/aromatic N) is 2. The molecule has 0 unspecified atom stereocenters. The van der Waals surface area contributed by atoms with Gasteiger partial charge in [0.05, 0.1) is 10.2 Å². The van der Waals surface area contributed by atoms with Gasteiger partial charge in [0.1, 0.15) is 0 Å². The molecule has 0 spiro atoms. The van der Waals surface area contributed by atoms with E-state index >= 15 is 0 Å². The zero-order valence-electron chi connectivity index (χ0n) is 9.96. The maximum Gasteiger partial charge on any atom is 0.228 e. The van der Waals surface area contributed by atoms with Crippen LogP contribution in [-0.2, 0) is 17.9 Å². The van der Waals surface area contributed by atoms with Crippen molar-refractivity contribution in [1.82, 2.24) is 9.47 Å². The molecule has 0 aromatic carbocycles. The second-order valence-corrected chi connectivity index (χ2v) is 6.38. The van der Waals surface area contributed by atoms with Crippen LogP contribution in [0.2, 0.25) is 0 Å². The van der Waals surface area contributed by atoms with Crippen molar-refractivity contribution in [3.05, 3.63) is 21.5 Å². The lowest BCUT2D eigenvalue weighted by Crippen LogP contribution is -2.43. The van der Waals surface area contributed by atoms with Gasteiger partial charge in [0, 0.05) is 24.2 Å². The predicted octanol–water partition coefficient (Wildman–Crippen LogP) is 2.48. The normalized spacial score (nSPS) is 16.1. The molecule has 0 radical (unpaired) electrons. The number of halogens is 1. The summed E-state index contributed by atoms with van der Waals surface area (Å²) in [5, 5.41) is 0. The van der Waals surface area contributed by atoms with Gasteiger partial charge in [-0.25, -0.2) is 0 Å². The Morgan fingerprint density at radius 1 is 1.31 bits per heavy atom. The molecule has 2 heterocycles. The van der Waals surface area contributed by atoms with Crippen molar-refractivity contribution < 1.29 is 4.79 Å². The minimum atomic E-state index is -0.276. The summed E-state index contributed by atoms with van der Waals surface area (Å²) in [5.41, 5.74) is 0.968. The Hall–Kier alpha value is -0.520. The highest BCUT2D eigenvalue weighted by Gasteiger charge is 2.29. The third-order valence-electron chi connectivity index (χ3n) is 2.89. The first-order chi connectivity index (χ1) is 7.39. The van der Waals surface area contributed by atoms with Crippen LogP contribution in [0.5, 0.6) is 0 Å². The summed E-state index contributed by atoms with van der Waals surface area (Å²) >= 11 is 2.34. The van der Waals surface area contributed by atoms with Gasteiger partial charge in [-0.05, 0) is 34.7 Å². The van der Waals surface area contributed by atoms with Gasteiger partial charge in [-0.15, -0.1) is 0 Å². The van der Waals surface area contributed by atoms with Gasteiger partial charge >= 0.3 is 0 Å². The van der Waals surface area contributed by atoms with E-state index in [4.69, 9.17) is 0 Å². The standard InChI is InChI=1S/C12H17IN2O/c1-12(2,3)11(16)14-6-7-15-9(8-14)4-5-10(15)13/h4-5H,6-8H2,1-3H3. The molecule has 0 saturated heterocycles. The molecule has 0 bridgehead atoms. The molecule has 1 aromatic rings. The van der Waals surface area contributed by atoms with Crippen molar-refractivity contribution in [2.75, 3.05) is 6.54 Å². The molecular weight excluding hydrogens is 315 g/mol. The van der Waals surface area contributed by atoms with Crippen molar-refractivity contribution in [2.45, 2.75) is 33.9 Å². The van der Waals surface area contributed by atoms with E-state index in [9.17, 15) is 4.79 Å². The van der Waals surface area contributed by atoms with E-state index < -0.39 is 0 Å². The van der Waals surface area contributed by atoms with Crippen LogP contribution in [0.1, 0.15) is 26.5 Å². The third-order valence-corrected chi connectivity index (χ3v) is 3.83. The Morgan fingerprint density at radius 2 is 2.00 bits per heavy atom. The molecule has 0 fully saturated rings. The van der Waals surface area contributed by atoms with Crippen molar-refractivity contribution in [1.29, 1.82) is 0 Å². The summed E-state index contributed by atoms with van der Waals surface area (Å²) in [4.78, 5) is 14.1. The van der Waals surface area contributed by atoms with Gasteiger partial charge in [-0.2, -0.15) is 0 Å². The molecule has 0 atom stereocenters. The molecular formula is C12H17IN2O. The van der Waals surface area contributed by atoms with E-state index in [-0.39, 0.29) is 11.3 Å². The lowest BCUT2D eigenvalue weighted by molar-refractivity contribution is -0.141. The van der Waals surface area contributed by atoms with Crippen LogP contribution in [0.4, 0.5) is 0 Å². The highest BCUT2D eigenvalue weighted by molar-refractivity contribution is 14.1. The zero-order chi connectivity index (χ0) is 11.9. The van der Waals surface area contributed by atoms with Gasteiger partial charge < -0.3 is 9.47 Å². The predicted molar refractivity (Wildman–Crippen MR) is 72.0 cm³/mol. The van der Waals surface area contributed by atoms with Crippen molar-refractivity contribution in [3.63, 3.8) is 0 Å². The highest BCUT2D eigenvalue weighted by Crippen LogP contribution is 2.23. The van der Waals surface area contributed by atoms with Gasteiger partial charge in [0.25, 0.3) is 0 Å². The number of carbonyl (C=O) groups excluding carboxylic acids is 1. The highest BCUT2D eigenvalue weighted by atomic mass is 127. The largest absolute Gasteiger partial charge is 0.337 e. The van der Waals surface area contributed by atoms with E-state index in [1.807, 2.05) is 25.7 Å². The Kier molecular flexibility index (Phi) is 3.03. The Morgan fingerprint density at radius 3 is 2.62 bits per heavy atom. The van der Waals surface area contributed by atoms with Crippen molar-refractivity contribution in [2.24, 2.45) is 5.41 Å². The van der Waals surface area contributed by atoms with Crippen LogP contribution in [0.25, 0.3) is 0 Å². The molecule has 0 aliphatic carbocycles. The minimum Gasteiger partial charge on any atom is -0.337 e. The summed E-state index contributed by atoms with van der Waals surface area (Å²) in [7, 11) is 0. The molecule has 3 nitrogen and oxygen atoms in total. The molecule has 88 valence electrons. The van der Waals surface area contributed by atoms with E-state index in [0.29, 0.717) is 0 Å². The molecule has 0 saturated carbocycles. The first kappa shape index (κ1) is 12.0. The summed E-state index contributed by atoms with van der Waals surface area (Å²) in [5.74, 6) is 0.245. The van der Waals surface area contributed by atoms with Crippen LogP contribution < -0.4 is 0 Å². The van der Waals surface area contributed by atoms with Crippen molar-refractivity contribution >= 4 is 28.5 Å². The van der Waals surface area contributed by atoms with E-state index in [1.54, 1.807) is 0 Å². The molecule has 1 aliphatic heterocycles. The number of rotatable bonds is 0. The fourth-order valence-electron chi connectivity index (χ4n) is 2.01. The van der Waals surface area contributed by atoms with Crippen LogP contribution in [0.3, 0.4) is 0 Å². The number of aromatic nitrogens is 1. The van der Waals surface area contributed by atoms with Gasteiger partial charge in [0.15, 0.2) is 0 Å². The smallest absolute Gasteiger partial charge is 0.228 e. The second kappa shape index (κ2) is 4.05. The van der Waals surface area contributed by atoms with Gasteiger partial charge in [-0.3, -0.25) is 4.79 Å². The zero-order valence-corrected chi connectivity index (χ0v) is 12.1. The fraction of sp³-hybridized carbons (Fsp3) is 0.583. The third kappa shape index (κ3) is 2.12. The molecule has 16 heavy (non-hydrogen) atoms. The molecule has 1 aromatic heterocycles. The van der Waals surface area contributed by atoms with Crippen LogP contribution in [0, 0.1) is 9.12 Å². The quantitative estimate of drug-likeness (QED) is 0.670. The molecule has 1 amide bonds. The topological polar surface area (TPSA) is 25.2 Å². The summed E-state index contributed by atoms with van der Waals surface area (Å²) in [6, 6.07) is 4.23. The molecule has 0 N–H and O–H groups in total. The van der Waals surface area contributed by atoms with Gasteiger partial charge in [-0.1, -0.05) is 20.8 Å². The summed E-state index contributed by atoms with van der Waals surface area (Å²) < 4.78 is 3.54.